The molecule has 24 heavy (non-hydrogen) atoms. The first-order valence-electron chi connectivity index (χ1n) is 8.05. The summed E-state index contributed by atoms with van der Waals surface area (Å²) in [6.45, 7) is 0.531. The Morgan fingerprint density at radius 3 is 2.17 bits per heavy atom. The molecule has 0 unspecified atom stereocenters. The molecule has 0 saturated carbocycles. The van der Waals surface area contributed by atoms with E-state index in [4.69, 9.17) is 0 Å². The maximum atomic E-state index is 12.7. The van der Waals surface area contributed by atoms with Crippen LogP contribution in [-0.4, -0.2) is 5.91 Å². The molecule has 2 nitrogen and oxygen atoms in total. The zero-order chi connectivity index (χ0) is 16.4. The van der Waals surface area contributed by atoms with E-state index in [9.17, 15) is 4.79 Å². The summed E-state index contributed by atoms with van der Waals surface area (Å²) in [7, 11) is 0. The van der Waals surface area contributed by atoms with E-state index in [1.165, 1.54) is 5.39 Å². The maximum absolute atomic E-state index is 12.7. The van der Waals surface area contributed by atoms with Gasteiger partial charge in [-0.05, 0) is 45.3 Å². The Morgan fingerprint density at radius 1 is 0.708 bits per heavy atom. The summed E-state index contributed by atoms with van der Waals surface area (Å²) in [5, 5.41) is 7.42. The van der Waals surface area contributed by atoms with Crippen molar-refractivity contribution in [1.29, 1.82) is 0 Å². The van der Waals surface area contributed by atoms with Crippen LogP contribution in [0, 0.1) is 0 Å². The Kier molecular flexibility index (Phi) is 3.72. The van der Waals surface area contributed by atoms with Crippen LogP contribution in [0.25, 0.3) is 21.5 Å². The first kappa shape index (κ1) is 14.5. The van der Waals surface area contributed by atoms with Crippen LogP contribution in [0.15, 0.2) is 84.9 Å². The smallest absolute Gasteiger partial charge is 0.252 e. The molecule has 0 spiro atoms. The van der Waals surface area contributed by atoms with Crippen molar-refractivity contribution in [2.75, 3.05) is 0 Å². The molecule has 4 aromatic rings. The summed E-state index contributed by atoms with van der Waals surface area (Å²) in [5.74, 6) is -0.0419. The van der Waals surface area contributed by atoms with Crippen LogP contribution in [0.1, 0.15) is 15.9 Å². The quantitative estimate of drug-likeness (QED) is 0.534. The van der Waals surface area contributed by atoms with Crippen molar-refractivity contribution in [3.8, 4) is 0 Å². The number of amides is 1. The lowest BCUT2D eigenvalue weighted by Crippen LogP contribution is -2.22. The normalized spacial score (nSPS) is 10.8. The van der Waals surface area contributed by atoms with E-state index in [0.717, 1.165) is 21.7 Å². The Hall–Kier alpha value is -3.13. The number of benzene rings is 4. The molecule has 0 aliphatic heterocycles. The molecule has 0 heterocycles. The summed E-state index contributed by atoms with van der Waals surface area (Å²) in [5.41, 5.74) is 1.81. The molecule has 116 valence electrons. The van der Waals surface area contributed by atoms with Gasteiger partial charge in [0.25, 0.3) is 5.91 Å². The second kappa shape index (κ2) is 6.17. The van der Waals surface area contributed by atoms with E-state index in [1.54, 1.807) is 0 Å². The molecule has 1 amide bonds. The lowest BCUT2D eigenvalue weighted by Gasteiger charge is -2.09. The molecule has 2 heteroatoms. The number of rotatable bonds is 3. The summed E-state index contributed by atoms with van der Waals surface area (Å²) >= 11 is 0. The lowest BCUT2D eigenvalue weighted by molar-refractivity contribution is 0.0952. The average molecular weight is 311 g/mol. The van der Waals surface area contributed by atoms with E-state index in [2.05, 4.69) is 35.6 Å². The van der Waals surface area contributed by atoms with Crippen LogP contribution >= 0.6 is 0 Å². The Balaban J connectivity index is 1.70. The maximum Gasteiger partial charge on any atom is 0.252 e. The number of nitrogens with one attached hydrogen (secondary N) is 1. The molecule has 0 aliphatic rings. The molecule has 4 rings (SSSR count). The highest BCUT2D eigenvalue weighted by Crippen LogP contribution is 2.25. The Morgan fingerprint density at radius 2 is 1.38 bits per heavy atom. The molecule has 0 aliphatic carbocycles. The molecule has 4 aromatic carbocycles. The molecule has 0 atom stereocenters. The van der Waals surface area contributed by atoms with Crippen molar-refractivity contribution in [1.82, 2.24) is 5.32 Å². The van der Waals surface area contributed by atoms with Crippen molar-refractivity contribution in [3.05, 3.63) is 96.1 Å². The second-order valence-electron chi connectivity index (χ2n) is 5.89. The van der Waals surface area contributed by atoms with Gasteiger partial charge in [0.15, 0.2) is 0 Å². The van der Waals surface area contributed by atoms with Crippen molar-refractivity contribution in [2.24, 2.45) is 0 Å². The van der Waals surface area contributed by atoms with E-state index in [0.29, 0.717) is 12.1 Å². The van der Waals surface area contributed by atoms with Gasteiger partial charge < -0.3 is 5.32 Å². The monoisotopic (exact) mass is 311 g/mol. The fourth-order valence-corrected chi connectivity index (χ4v) is 3.04. The van der Waals surface area contributed by atoms with Gasteiger partial charge >= 0.3 is 0 Å². The molecular weight excluding hydrogens is 294 g/mol. The molecule has 0 aromatic heterocycles. The summed E-state index contributed by atoms with van der Waals surface area (Å²) < 4.78 is 0. The lowest BCUT2D eigenvalue weighted by atomic mass is 9.99. The van der Waals surface area contributed by atoms with Crippen molar-refractivity contribution < 1.29 is 4.79 Å². The second-order valence-corrected chi connectivity index (χ2v) is 5.89. The highest BCUT2D eigenvalue weighted by molar-refractivity contribution is 6.10. The van der Waals surface area contributed by atoms with Gasteiger partial charge in [-0.25, -0.2) is 0 Å². The number of fused-ring (bicyclic) bond motifs is 2. The van der Waals surface area contributed by atoms with Gasteiger partial charge in [0.2, 0.25) is 0 Å². The van der Waals surface area contributed by atoms with Gasteiger partial charge in [-0.1, -0.05) is 66.7 Å². The SMILES string of the molecule is O=C(NCc1ccccc1)c1cccc2cc3ccccc3cc12. The van der Waals surface area contributed by atoms with Crippen molar-refractivity contribution in [3.63, 3.8) is 0 Å². The first-order chi connectivity index (χ1) is 11.8. The van der Waals surface area contributed by atoms with Crippen LogP contribution < -0.4 is 5.32 Å². The topological polar surface area (TPSA) is 29.1 Å². The zero-order valence-electron chi connectivity index (χ0n) is 13.2. The van der Waals surface area contributed by atoms with Gasteiger partial charge in [0.1, 0.15) is 0 Å². The summed E-state index contributed by atoms with van der Waals surface area (Å²) in [6, 6.07) is 28.3. The highest BCUT2D eigenvalue weighted by atomic mass is 16.1. The largest absolute Gasteiger partial charge is 0.348 e. The van der Waals surface area contributed by atoms with Gasteiger partial charge in [0, 0.05) is 12.1 Å². The van der Waals surface area contributed by atoms with E-state index in [1.807, 2.05) is 54.6 Å². The molecule has 0 radical (unpaired) electrons. The van der Waals surface area contributed by atoms with Gasteiger partial charge in [-0.2, -0.15) is 0 Å². The minimum atomic E-state index is -0.0419. The summed E-state index contributed by atoms with van der Waals surface area (Å²) in [4.78, 5) is 12.7. The zero-order valence-corrected chi connectivity index (χ0v) is 13.2. The predicted octanol–water partition coefficient (Wildman–Crippen LogP) is 4.92. The summed E-state index contributed by atoms with van der Waals surface area (Å²) in [6.07, 6.45) is 0. The fourth-order valence-electron chi connectivity index (χ4n) is 3.04. The van der Waals surface area contributed by atoms with E-state index in [-0.39, 0.29) is 5.91 Å². The van der Waals surface area contributed by atoms with Gasteiger partial charge in [-0.3, -0.25) is 4.79 Å². The third kappa shape index (κ3) is 2.74. The average Bonchev–Trinajstić information content (AvgIpc) is 2.64. The van der Waals surface area contributed by atoms with Crippen LogP contribution in [0.3, 0.4) is 0 Å². The Labute approximate surface area is 140 Å². The molecular formula is C22H17NO. The van der Waals surface area contributed by atoms with Crippen LogP contribution in [0.2, 0.25) is 0 Å². The van der Waals surface area contributed by atoms with Crippen LogP contribution in [0.5, 0.6) is 0 Å². The molecule has 1 N–H and O–H groups in total. The van der Waals surface area contributed by atoms with Crippen molar-refractivity contribution >= 4 is 27.5 Å². The van der Waals surface area contributed by atoms with Crippen LogP contribution in [-0.2, 0) is 6.54 Å². The molecule has 0 saturated heterocycles. The third-order valence-corrected chi connectivity index (χ3v) is 4.29. The predicted molar refractivity (Wildman–Crippen MR) is 99.1 cm³/mol. The first-order valence-corrected chi connectivity index (χ1v) is 8.05. The van der Waals surface area contributed by atoms with Crippen LogP contribution in [0.4, 0.5) is 0 Å². The highest BCUT2D eigenvalue weighted by Gasteiger charge is 2.10. The van der Waals surface area contributed by atoms with E-state index < -0.39 is 0 Å². The standard InChI is InChI=1S/C22H17NO/c24-22(23-15-16-7-2-1-3-8-16)20-12-6-11-19-13-17-9-4-5-10-18(17)14-21(19)20/h1-14H,15H2,(H,23,24). The van der Waals surface area contributed by atoms with Gasteiger partial charge in [-0.15, -0.1) is 0 Å². The van der Waals surface area contributed by atoms with Crippen molar-refractivity contribution in [2.45, 2.75) is 6.54 Å². The third-order valence-electron chi connectivity index (χ3n) is 4.29. The Bertz CT molecular complexity index is 1020. The fraction of sp³-hybridized carbons (Fsp3) is 0.0455. The number of hydrogen-bond acceptors (Lipinski definition) is 1. The molecule has 0 fully saturated rings. The molecule has 0 bridgehead atoms. The number of hydrogen-bond donors (Lipinski definition) is 1. The van der Waals surface area contributed by atoms with E-state index >= 15 is 0 Å². The number of carbonyl (C=O) groups is 1. The minimum absolute atomic E-state index is 0.0419. The minimum Gasteiger partial charge on any atom is -0.348 e. The number of carbonyl (C=O) groups excluding carboxylic acids is 1. The van der Waals surface area contributed by atoms with Gasteiger partial charge in [0.05, 0.1) is 0 Å².